The molecular formula is C8H10N4. The quantitative estimate of drug-likeness (QED) is 0.666. The van der Waals surface area contributed by atoms with Gasteiger partial charge in [-0.05, 0) is 13.8 Å². The molecule has 0 saturated heterocycles. The van der Waals surface area contributed by atoms with Crippen LogP contribution in [0.25, 0.3) is 11.1 Å². The molecule has 62 valence electrons. The van der Waals surface area contributed by atoms with Crippen LogP contribution < -0.4 is 0 Å². The van der Waals surface area contributed by atoms with Crippen LogP contribution in [0.15, 0.2) is 12.4 Å². The first-order valence-corrected chi connectivity index (χ1v) is 3.79. The molecule has 2 N–H and O–H groups in total. The van der Waals surface area contributed by atoms with Gasteiger partial charge in [0.05, 0.1) is 12.4 Å². The average molecular weight is 162 g/mol. The predicted octanol–water partition coefficient (Wildman–Crippen LogP) is 1.42. The normalized spacial score (nSPS) is 10.5. The lowest BCUT2D eigenvalue weighted by Gasteiger charge is -1.94. The Hall–Kier alpha value is -1.58. The molecule has 2 aromatic heterocycles. The molecule has 2 aromatic rings. The summed E-state index contributed by atoms with van der Waals surface area (Å²) in [4.78, 5) is 0. The van der Waals surface area contributed by atoms with E-state index in [2.05, 4.69) is 20.4 Å². The highest BCUT2D eigenvalue weighted by molar-refractivity contribution is 5.66. The van der Waals surface area contributed by atoms with Crippen molar-refractivity contribution in [2.45, 2.75) is 13.8 Å². The highest BCUT2D eigenvalue weighted by Crippen LogP contribution is 2.22. The minimum absolute atomic E-state index is 1.07. The second kappa shape index (κ2) is 2.48. The Balaban J connectivity index is 2.57. The Morgan fingerprint density at radius 3 is 1.58 bits per heavy atom. The molecule has 0 amide bonds. The van der Waals surface area contributed by atoms with E-state index in [9.17, 15) is 0 Å². The van der Waals surface area contributed by atoms with E-state index in [0.29, 0.717) is 0 Å². The fourth-order valence-electron chi connectivity index (χ4n) is 1.24. The second-order valence-electron chi connectivity index (χ2n) is 2.82. The molecule has 0 aromatic carbocycles. The molecule has 0 bridgehead atoms. The smallest absolute Gasteiger partial charge is 0.0569 e. The molecular weight excluding hydrogens is 152 g/mol. The van der Waals surface area contributed by atoms with Gasteiger partial charge in [-0.2, -0.15) is 10.2 Å². The molecule has 12 heavy (non-hydrogen) atoms. The summed E-state index contributed by atoms with van der Waals surface area (Å²) in [6.07, 6.45) is 3.63. The maximum atomic E-state index is 3.95. The highest BCUT2D eigenvalue weighted by Gasteiger charge is 2.07. The van der Waals surface area contributed by atoms with Gasteiger partial charge in [-0.1, -0.05) is 0 Å². The zero-order valence-electron chi connectivity index (χ0n) is 7.05. The van der Waals surface area contributed by atoms with E-state index in [1.807, 2.05) is 26.2 Å². The number of nitrogens with one attached hydrogen (secondary N) is 2. The van der Waals surface area contributed by atoms with Crippen LogP contribution >= 0.6 is 0 Å². The number of aromatic amines is 2. The van der Waals surface area contributed by atoms with Crippen LogP contribution in [0.3, 0.4) is 0 Å². The molecule has 4 nitrogen and oxygen atoms in total. The summed E-state index contributed by atoms with van der Waals surface area (Å²) in [7, 11) is 0. The summed E-state index contributed by atoms with van der Waals surface area (Å²) in [6.45, 7) is 3.99. The summed E-state index contributed by atoms with van der Waals surface area (Å²) in [6, 6.07) is 0. The van der Waals surface area contributed by atoms with Gasteiger partial charge in [0.15, 0.2) is 0 Å². The average Bonchev–Trinajstić information content (AvgIpc) is 2.59. The third-order valence-corrected chi connectivity index (χ3v) is 1.95. The van der Waals surface area contributed by atoms with E-state index < -0.39 is 0 Å². The number of aromatic nitrogens is 4. The van der Waals surface area contributed by atoms with Crippen LogP contribution in [0.2, 0.25) is 0 Å². The topological polar surface area (TPSA) is 57.4 Å². The van der Waals surface area contributed by atoms with Crippen molar-refractivity contribution in [1.29, 1.82) is 0 Å². The SMILES string of the molecule is Cc1[nH]ncc1-c1cn[nH]c1C. The molecule has 0 aliphatic rings. The first-order valence-electron chi connectivity index (χ1n) is 3.79. The highest BCUT2D eigenvalue weighted by atomic mass is 15.1. The fourth-order valence-corrected chi connectivity index (χ4v) is 1.24. The van der Waals surface area contributed by atoms with Crippen LogP contribution in [0.5, 0.6) is 0 Å². The van der Waals surface area contributed by atoms with Crippen LogP contribution in [0.4, 0.5) is 0 Å². The molecule has 0 saturated carbocycles. The molecule has 0 unspecified atom stereocenters. The van der Waals surface area contributed by atoms with Gasteiger partial charge in [-0.25, -0.2) is 0 Å². The Bertz CT molecular complexity index is 347. The van der Waals surface area contributed by atoms with Crippen molar-refractivity contribution in [3.05, 3.63) is 23.8 Å². The van der Waals surface area contributed by atoms with Crippen LogP contribution in [0.1, 0.15) is 11.4 Å². The second-order valence-corrected chi connectivity index (χ2v) is 2.82. The van der Waals surface area contributed by atoms with Gasteiger partial charge in [-0.15, -0.1) is 0 Å². The number of rotatable bonds is 1. The van der Waals surface area contributed by atoms with Gasteiger partial charge in [0.2, 0.25) is 0 Å². The zero-order valence-corrected chi connectivity index (χ0v) is 7.05. The fraction of sp³-hybridized carbons (Fsp3) is 0.250. The zero-order chi connectivity index (χ0) is 8.55. The van der Waals surface area contributed by atoms with Crippen molar-refractivity contribution < 1.29 is 0 Å². The minimum atomic E-state index is 1.07. The predicted molar refractivity (Wildman–Crippen MR) is 45.6 cm³/mol. The summed E-state index contributed by atoms with van der Waals surface area (Å²) in [5.74, 6) is 0. The number of hydrogen-bond acceptors (Lipinski definition) is 2. The Kier molecular flexibility index (Phi) is 1.46. The largest absolute Gasteiger partial charge is 0.282 e. The van der Waals surface area contributed by atoms with Gasteiger partial charge in [0, 0.05) is 22.5 Å². The molecule has 0 aliphatic heterocycles. The van der Waals surface area contributed by atoms with Crippen molar-refractivity contribution in [2.24, 2.45) is 0 Å². The first kappa shape index (κ1) is 7.09. The van der Waals surface area contributed by atoms with E-state index in [1.54, 1.807) is 0 Å². The molecule has 2 rings (SSSR count). The van der Waals surface area contributed by atoms with Gasteiger partial charge in [0.1, 0.15) is 0 Å². The lowest BCUT2D eigenvalue weighted by molar-refractivity contribution is 1.05. The molecule has 0 atom stereocenters. The summed E-state index contributed by atoms with van der Waals surface area (Å²) < 4.78 is 0. The molecule has 0 aliphatic carbocycles. The Morgan fingerprint density at radius 1 is 0.917 bits per heavy atom. The van der Waals surface area contributed by atoms with E-state index in [4.69, 9.17) is 0 Å². The molecule has 0 radical (unpaired) electrons. The Morgan fingerprint density at radius 2 is 1.33 bits per heavy atom. The lowest BCUT2D eigenvalue weighted by Crippen LogP contribution is -1.79. The van der Waals surface area contributed by atoms with Gasteiger partial charge < -0.3 is 0 Å². The molecule has 0 spiro atoms. The maximum Gasteiger partial charge on any atom is 0.0569 e. The molecule has 0 fully saturated rings. The Labute approximate surface area is 70.0 Å². The van der Waals surface area contributed by atoms with Crippen molar-refractivity contribution in [3.8, 4) is 11.1 Å². The summed E-state index contributed by atoms with van der Waals surface area (Å²) >= 11 is 0. The minimum Gasteiger partial charge on any atom is -0.282 e. The summed E-state index contributed by atoms with van der Waals surface area (Å²) in [5, 5.41) is 13.7. The van der Waals surface area contributed by atoms with Crippen LogP contribution in [-0.4, -0.2) is 20.4 Å². The molecule has 2 heterocycles. The van der Waals surface area contributed by atoms with Gasteiger partial charge >= 0.3 is 0 Å². The lowest BCUT2D eigenvalue weighted by atomic mass is 10.1. The van der Waals surface area contributed by atoms with Gasteiger partial charge in [-0.3, -0.25) is 10.2 Å². The van der Waals surface area contributed by atoms with E-state index in [1.165, 1.54) is 0 Å². The van der Waals surface area contributed by atoms with Crippen molar-refractivity contribution in [1.82, 2.24) is 20.4 Å². The monoisotopic (exact) mass is 162 g/mol. The first-order chi connectivity index (χ1) is 5.79. The number of hydrogen-bond donors (Lipinski definition) is 2. The van der Waals surface area contributed by atoms with Crippen LogP contribution in [-0.2, 0) is 0 Å². The summed E-state index contributed by atoms with van der Waals surface area (Å²) in [5.41, 5.74) is 4.36. The van der Waals surface area contributed by atoms with Crippen molar-refractivity contribution >= 4 is 0 Å². The van der Waals surface area contributed by atoms with E-state index in [0.717, 1.165) is 22.5 Å². The maximum absolute atomic E-state index is 3.95. The van der Waals surface area contributed by atoms with Crippen LogP contribution in [0, 0.1) is 13.8 Å². The number of H-pyrrole nitrogens is 2. The van der Waals surface area contributed by atoms with E-state index >= 15 is 0 Å². The number of aryl methyl sites for hydroxylation is 2. The van der Waals surface area contributed by atoms with E-state index in [-0.39, 0.29) is 0 Å². The third-order valence-electron chi connectivity index (χ3n) is 1.95. The van der Waals surface area contributed by atoms with Crippen molar-refractivity contribution in [3.63, 3.8) is 0 Å². The molecule has 4 heteroatoms. The third kappa shape index (κ3) is 0.922. The standard InChI is InChI=1S/C8H10N4/c1-5-7(3-9-11-5)8-4-10-12-6(8)2/h3-4H,1-2H3,(H,9,11)(H,10,12). The number of nitrogens with zero attached hydrogens (tertiary/aromatic N) is 2. The van der Waals surface area contributed by atoms with Crippen molar-refractivity contribution in [2.75, 3.05) is 0 Å². The van der Waals surface area contributed by atoms with Gasteiger partial charge in [0.25, 0.3) is 0 Å².